The van der Waals surface area contributed by atoms with Gasteiger partial charge in [-0.15, -0.1) is 11.3 Å². The van der Waals surface area contributed by atoms with Gasteiger partial charge in [0.25, 0.3) is 11.6 Å². The van der Waals surface area contributed by atoms with Gasteiger partial charge in [0.15, 0.2) is 11.5 Å². The normalized spacial score (nSPS) is 10.6. The van der Waals surface area contributed by atoms with Crippen LogP contribution in [0.3, 0.4) is 0 Å². The Kier molecular flexibility index (Phi) is 4.72. The molecule has 3 rings (SSSR count). The summed E-state index contributed by atoms with van der Waals surface area (Å²) in [5.41, 5.74) is 0.876. The van der Waals surface area contributed by atoms with Crippen molar-refractivity contribution in [1.29, 1.82) is 0 Å². The minimum Gasteiger partial charge on any atom is -0.493 e. The standard InChI is InChI=1S/C17H15N3O5S/c1-9-18-12-5-4-10(6-16(12)26-9)19-17(21)11-7-14(24-2)15(25-3)8-13(11)20(22)23/h4-8H,1-3H3,(H,19,21). The summed E-state index contributed by atoms with van der Waals surface area (Å²) in [6.45, 7) is 1.90. The third-order valence-corrected chi connectivity index (χ3v) is 4.63. The van der Waals surface area contributed by atoms with Gasteiger partial charge in [-0.1, -0.05) is 0 Å². The molecule has 0 aliphatic rings. The number of carbonyl (C=O) groups is 1. The van der Waals surface area contributed by atoms with Gasteiger partial charge in [0, 0.05) is 11.8 Å². The molecule has 3 aromatic rings. The Bertz CT molecular complexity index is 1020. The molecule has 0 bridgehead atoms. The van der Waals surface area contributed by atoms with Crippen molar-refractivity contribution in [2.24, 2.45) is 0 Å². The Morgan fingerprint density at radius 3 is 2.54 bits per heavy atom. The first-order chi connectivity index (χ1) is 12.4. The maximum atomic E-state index is 12.6. The molecule has 0 saturated heterocycles. The maximum Gasteiger partial charge on any atom is 0.286 e. The number of aryl methyl sites for hydroxylation is 1. The summed E-state index contributed by atoms with van der Waals surface area (Å²) in [6.07, 6.45) is 0. The average Bonchev–Trinajstić information content (AvgIpc) is 2.99. The molecule has 0 unspecified atom stereocenters. The Balaban J connectivity index is 1.98. The van der Waals surface area contributed by atoms with E-state index < -0.39 is 10.8 Å². The highest BCUT2D eigenvalue weighted by atomic mass is 32.1. The molecular weight excluding hydrogens is 358 g/mol. The number of amides is 1. The smallest absolute Gasteiger partial charge is 0.286 e. The summed E-state index contributed by atoms with van der Waals surface area (Å²) in [6, 6.07) is 7.74. The third-order valence-electron chi connectivity index (χ3n) is 3.70. The van der Waals surface area contributed by atoms with Gasteiger partial charge in [-0.05, 0) is 25.1 Å². The number of aromatic nitrogens is 1. The lowest BCUT2D eigenvalue weighted by atomic mass is 10.1. The second-order valence-electron chi connectivity index (χ2n) is 5.35. The van der Waals surface area contributed by atoms with Gasteiger partial charge in [0.2, 0.25) is 0 Å². The topological polar surface area (TPSA) is 104 Å². The van der Waals surface area contributed by atoms with Gasteiger partial charge in [0.05, 0.1) is 40.4 Å². The zero-order chi connectivity index (χ0) is 18.8. The molecule has 26 heavy (non-hydrogen) atoms. The Hall–Kier alpha value is -3.20. The zero-order valence-electron chi connectivity index (χ0n) is 14.2. The molecule has 1 N–H and O–H groups in total. The lowest BCUT2D eigenvalue weighted by molar-refractivity contribution is -0.385. The zero-order valence-corrected chi connectivity index (χ0v) is 15.0. The molecule has 0 atom stereocenters. The van der Waals surface area contributed by atoms with E-state index in [1.807, 2.05) is 6.92 Å². The number of carbonyl (C=O) groups excluding carboxylic acids is 1. The van der Waals surface area contributed by atoms with Crippen LogP contribution in [-0.4, -0.2) is 30.0 Å². The van der Waals surface area contributed by atoms with Crippen LogP contribution < -0.4 is 14.8 Å². The molecule has 1 aromatic heterocycles. The molecule has 134 valence electrons. The number of benzene rings is 2. The fraction of sp³-hybridized carbons (Fsp3) is 0.176. The summed E-state index contributed by atoms with van der Waals surface area (Å²) >= 11 is 1.50. The number of nitro benzene ring substituents is 1. The van der Waals surface area contributed by atoms with Crippen LogP contribution in [0.15, 0.2) is 30.3 Å². The first kappa shape index (κ1) is 17.6. The van der Waals surface area contributed by atoms with Crippen molar-refractivity contribution < 1.29 is 19.2 Å². The van der Waals surface area contributed by atoms with Crippen molar-refractivity contribution in [3.8, 4) is 11.5 Å². The van der Waals surface area contributed by atoms with Crippen LogP contribution in [-0.2, 0) is 0 Å². The molecule has 0 aliphatic heterocycles. The summed E-state index contributed by atoms with van der Waals surface area (Å²) in [5, 5.41) is 14.9. The van der Waals surface area contributed by atoms with Crippen molar-refractivity contribution in [2.45, 2.75) is 6.92 Å². The third kappa shape index (κ3) is 3.29. The van der Waals surface area contributed by atoms with Gasteiger partial charge in [0.1, 0.15) is 5.56 Å². The van der Waals surface area contributed by atoms with E-state index in [4.69, 9.17) is 9.47 Å². The molecule has 1 amide bonds. The maximum absolute atomic E-state index is 12.6. The summed E-state index contributed by atoms with van der Waals surface area (Å²) in [4.78, 5) is 27.7. The molecule has 1 heterocycles. The van der Waals surface area contributed by atoms with Crippen molar-refractivity contribution in [3.05, 3.63) is 51.0 Å². The number of anilines is 1. The van der Waals surface area contributed by atoms with E-state index in [0.717, 1.165) is 15.2 Å². The van der Waals surface area contributed by atoms with Crippen LogP contribution in [0, 0.1) is 17.0 Å². The monoisotopic (exact) mass is 373 g/mol. The van der Waals surface area contributed by atoms with Crippen molar-refractivity contribution in [3.63, 3.8) is 0 Å². The molecule has 0 saturated carbocycles. The molecule has 9 heteroatoms. The first-order valence-electron chi connectivity index (χ1n) is 7.52. The van der Waals surface area contributed by atoms with E-state index in [2.05, 4.69) is 10.3 Å². The van der Waals surface area contributed by atoms with Crippen molar-refractivity contribution in [2.75, 3.05) is 19.5 Å². The number of fused-ring (bicyclic) bond motifs is 1. The predicted molar refractivity (Wildman–Crippen MR) is 98.5 cm³/mol. The fourth-order valence-corrected chi connectivity index (χ4v) is 3.38. The first-order valence-corrected chi connectivity index (χ1v) is 8.33. The minimum absolute atomic E-state index is 0.117. The van der Waals surface area contributed by atoms with Gasteiger partial charge < -0.3 is 14.8 Å². The number of rotatable bonds is 5. The highest BCUT2D eigenvalue weighted by molar-refractivity contribution is 7.18. The van der Waals surface area contributed by atoms with Crippen molar-refractivity contribution >= 4 is 38.8 Å². The Morgan fingerprint density at radius 2 is 1.88 bits per heavy atom. The number of ether oxygens (including phenoxy) is 2. The molecule has 2 aromatic carbocycles. The molecule has 0 spiro atoms. The highest BCUT2D eigenvalue weighted by Crippen LogP contribution is 2.35. The number of nitrogens with zero attached hydrogens (tertiary/aromatic N) is 2. The molecule has 0 radical (unpaired) electrons. The molecular formula is C17H15N3O5S. The summed E-state index contributed by atoms with van der Waals surface area (Å²) in [7, 11) is 2.76. The van der Waals surface area contributed by atoms with Crippen LogP contribution in [0.25, 0.3) is 10.2 Å². The highest BCUT2D eigenvalue weighted by Gasteiger charge is 2.24. The summed E-state index contributed by atoms with van der Waals surface area (Å²) < 4.78 is 11.1. The second-order valence-corrected chi connectivity index (χ2v) is 6.59. The van der Waals surface area contributed by atoms with E-state index in [-0.39, 0.29) is 22.7 Å². The molecule has 0 fully saturated rings. The lowest BCUT2D eigenvalue weighted by Gasteiger charge is -2.11. The van der Waals surface area contributed by atoms with Crippen LogP contribution >= 0.6 is 11.3 Å². The van der Waals surface area contributed by atoms with Crippen LogP contribution in [0.5, 0.6) is 11.5 Å². The number of hydrogen-bond donors (Lipinski definition) is 1. The van der Waals surface area contributed by atoms with Gasteiger partial charge in [-0.3, -0.25) is 14.9 Å². The van der Waals surface area contributed by atoms with E-state index in [1.165, 1.54) is 37.7 Å². The van der Waals surface area contributed by atoms with E-state index in [0.29, 0.717) is 5.69 Å². The average molecular weight is 373 g/mol. The Morgan fingerprint density at radius 1 is 1.19 bits per heavy atom. The second kappa shape index (κ2) is 6.96. The van der Waals surface area contributed by atoms with Gasteiger partial charge in [-0.25, -0.2) is 4.98 Å². The van der Waals surface area contributed by atoms with E-state index >= 15 is 0 Å². The van der Waals surface area contributed by atoms with Crippen LogP contribution in [0.2, 0.25) is 0 Å². The number of methoxy groups -OCH3 is 2. The fourth-order valence-electron chi connectivity index (χ4n) is 2.52. The molecule has 8 nitrogen and oxygen atoms in total. The van der Waals surface area contributed by atoms with Crippen LogP contribution in [0.4, 0.5) is 11.4 Å². The number of thiazole rings is 1. The van der Waals surface area contributed by atoms with E-state index in [1.54, 1.807) is 18.2 Å². The molecule has 0 aliphatic carbocycles. The SMILES string of the molecule is COc1cc(C(=O)Nc2ccc3nc(C)sc3c2)c([N+](=O)[O-])cc1OC. The summed E-state index contributed by atoms with van der Waals surface area (Å²) in [5.74, 6) is -0.202. The lowest BCUT2D eigenvalue weighted by Crippen LogP contribution is -2.14. The van der Waals surface area contributed by atoms with Crippen molar-refractivity contribution in [1.82, 2.24) is 4.98 Å². The Labute approximate surface area is 152 Å². The number of nitro groups is 1. The number of hydrogen-bond acceptors (Lipinski definition) is 7. The van der Waals surface area contributed by atoms with Gasteiger partial charge in [-0.2, -0.15) is 0 Å². The van der Waals surface area contributed by atoms with Crippen LogP contribution in [0.1, 0.15) is 15.4 Å². The predicted octanol–water partition coefficient (Wildman–Crippen LogP) is 3.78. The quantitative estimate of drug-likeness (QED) is 0.539. The van der Waals surface area contributed by atoms with E-state index in [9.17, 15) is 14.9 Å². The minimum atomic E-state index is -0.632. The number of nitrogens with one attached hydrogen (secondary N) is 1. The largest absolute Gasteiger partial charge is 0.493 e. The van der Waals surface area contributed by atoms with Gasteiger partial charge >= 0.3 is 0 Å².